The predicted octanol–water partition coefficient (Wildman–Crippen LogP) is 2.31. The van der Waals surface area contributed by atoms with Crippen molar-refractivity contribution in [3.05, 3.63) is 52.2 Å². The van der Waals surface area contributed by atoms with Crippen molar-refractivity contribution in [3.63, 3.8) is 0 Å². The molecule has 1 aromatic carbocycles. The lowest BCUT2D eigenvalue weighted by Crippen LogP contribution is -2.39. The number of aryl methyl sites for hydroxylation is 2. The average molecular weight is 455 g/mol. The molecule has 1 aliphatic rings. The van der Waals surface area contributed by atoms with Crippen LogP contribution in [0.2, 0.25) is 0 Å². The van der Waals surface area contributed by atoms with Crippen LogP contribution in [0.15, 0.2) is 35.3 Å². The van der Waals surface area contributed by atoms with Gasteiger partial charge in [0.2, 0.25) is 0 Å². The number of amides is 1. The van der Waals surface area contributed by atoms with E-state index in [0.717, 1.165) is 47.2 Å². The number of sulfone groups is 1. The van der Waals surface area contributed by atoms with E-state index in [9.17, 15) is 22.4 Å². The Morgan fingerprint density at radius 1 is 1.32 bits per heavy atom. The van der Waals surface area contributed by atoms with Crippen molar-refractivity contribution in [2.45, 2.75) is 44.9 Å². The maximum atomic E-state index is 14.7. The molecule has 2 aromatic rings. The standard InChI is InChI=1S/C19H21FN2O6S.C2H6/c1-29(26,27)17(19(24)21-25)6-7-22-11-15(20)14(10-18(22)23)12-4-5-16-13(9-12)3-2-8-28-16;1-2/h4-5,9-11,17,25H,2-3,6-8H2,1H3,(H,21,24);1-2H3. The fourth-order valence-corrected chi connectivity index (χ4v) is 4.31. The second-order valence-corrected chi connectivity index (χ2v) is 9.15. The summed E-state index contributed by atoms with van der Waals surface area (Å²) in [5.41, 5.74) is 2.39. The number of halogens is 1. The van der Waals surface area contributed by atoms with Gasteiger partial charge in [0.25, 0.3) is 11.5 Å². The molecule has 0 spiro atoms. The minimum absolute atomic E-state index is 0.132. The third kappa shape index (κ3) is 5.92. The zero-order valence-corrected chi connectivity index (χ0v) is 18.5. The molecule has 10 heteroatoms. The van der Waals surface area contributed by atoms with Crippen LogP contribution in [0.25, 0.3) is 11.1 Å². The molecule has 0 aliphatic carbocycles. The van der Waals surface area contributed by atoms with Crippen LogP contribution in [0.1, 0.15) is 32.3 Å². The zero-order chi connectivity index (χ0) is 23.2. The van der Waals surface area contributed by atoms with Crippen LogP contribution in [0.5, 0.6) is 5.75 Å². The normalized spacial score (nSPS) is 13.8. The van der Waals surface area contributed by atoms with Gasteiger partial charge < -0.3 is 9.30 Å². The van der Waals surface area contributed by atoms with E-state index in [1.807, 2.05) is 13.8 Å². The number of nitrogens with zero attached hydrogens (tertiary/aromatic N) is 1. The third-order valence-electron chi connectivity index (χ3n) is 4.85. The summed E-state index contributed by atoms with van der Waals surface area (Å²) in [5.74, 6) is -1.000. The van der Waals surface area contributed by atoms with E-state index in [4.69, 9.17) is 9.94 Å². The summed E-state index contributed by atoms with van der Waals surface area (Å²) in [5, 5.41) is 7.16. The largest absolute Gasteiger partial charge is 0.493 e. The molecule has 2 N–H and O–H groups in total. The van der Waals surface area contributed by atoms with Crippen molar-refractivity contribution in [3.8, 4) is 16.9 Å². The maximum Gasteiger partial charge on any atom is 0.261 e. The van der Waals surface area contributed by atoms with Gasteiger partial charge in [-0.05, 0) is 42.5 Å². The molecule has 1 unspecified atom stereocenters. The third-order valence-corrected chi connectivity index (χ3v) is 6.33. The van der Waals surface area contributed by atoms with Gasteiger partial charge in [0.1, 0.15) is 16.8 Å². The van der Waals surface area contributed by atoms with Crippen LogP contribution in [-0.2, 0) is 27.6 Å². The number of nitrogens with one attached hydrogen (secondary N) is 1. The Kier molecular flexibility index (Phi) is 8.35. The Balaban J connectivity index is 0.00000166. The molecule has 1 aromatic heterocycles. The topological polar surface area (TPSA) is 115 Å². The number of hydroxylamine groups is 1. The minimum Gasteiger partial charge on any atom is -0.493 e. The first kappa shape index (κ1) is 24.5. The summed E-state index contributed by atoms with van der Waals surface area (Å²) >= 11 is 0. The van der Waals surface area contributed by atoms with Gasteiger partial charge in [-0.2, -0.15) is 0 Å². The highest BCUT2D eigenvalue weighted by atomic mass is 32.2. The van der Waals surface area contributed by atoms with Crippen molar-refractivity contribution in [1.82, 2.24) is 10.0 Å². The molecule has 3 rings (SSSR count). The number of rotatable bonds is 6. The number of hydrogen-bond acceptors (Lipinski definition) is 6. The molecule has 0 saturated carbocycles. The lowest BCUT2D eigenvalue weighted by molar-refractivity contribution is -0.128. The first-order valence-electron chi connectivity index (χ1n) is 9.99. The zero-order valence-electron chi connectivity index (χ0n) is 17.7. The molecule has 1 atom stereocenters. The van der Waals surface area contributed by atoms with Crippen molar-refractivity contribution in [2.75, 3.05) is 12.9 Å². The number of pyridine rings is 1. The van der Waals surface area contributed by atoms with Crippen molar-refractivity contribution in [2.24, 2.45) is 0 Å². The number of carbonyl (C=O) groups excluding carboxylic acids is 1. The monoisotopic (exact) mass is 454 g/mol. The van der Waals surface area contributed by atoms with E-state index in [-0.39, 0.29) is 18.5 Å². The van der Waals surface area contributed by atoms with Gasteiger partial charge in [-0.3, -0.25) is 14.8 Å². The molecule has 8 nitrogen and oxygen atoms in total. The van der Waals surface area contributed by atoms with E-state index >= 15 is 0 Å². The lowest BCUT2D eigenvalue weighted by atomic mass is 9.99. The fourth-order valence-electron chi connectivity index (χ4n) is 3.34. The van der Waals surface area contributed by atoms with Crippen molar-refractivity contribution in [1.29, 1.82) is 0 Å². The van der Waals surface area contributed by atoms with E-state index < -0.39 is 32.4 Å². The number of ether oxygens (including phenoxy) is 1. The number of benzene rings is 1. The number of carbonyl (C=O) groups is 1. The Morgan fingerprint density at radius 3 is 2.68 bits per heavy atom. The van der Waals surface area contributed by atoms with E-state index in [2.05, 4.69) is 0 Å². The van der Waals surface area contributed by atoms with Crippen LogP contribution in [0.3, 0.4) is 0 Å². The quantitative estimate of drug-likeness (QED) is 0.511. The summed E-state index contributed by atoms with van der Waals surface area (Å²) in [6, 6.07) is 6.36. The van der Waals surface area contributed by atoms with E-state index in [1.165, 1.54) is 5.48 Å². The first-order chi connectivity index (χ1) is 14.7. The van der Waals surface area contributed by atoms with Gasteiger partial charge >= 0.3 is 0 Å². The summed E-state index contributed by atoms with van der Waals surface area (Å²) in [7, 11) is -3.82. The van der Waals surface area contributed by atoms with Gasteiger partial charge in [0.05, 0.1) is 6.61 Å². The summed E-state index contributed by atoms with van der Waals surface area (Å²) < 4.78 is 44.7. The van der Waals surface area contributed by atoms with Crippen LogP contribution in [-0.4, -0.2) is 42.2 Å². The van der Waals surface area contributed by atoms with Crippen LogP contribution in [0.4, 0.5) is 4.39 Å². The molecule has 0 bridgehead atoms. The highest BCUT2D eigenvalue weighted by Crippen LogP contribution is 2.30. The second-order valence-electron chi connectivity index (χ2n) is 6.92. The molecule has 0 saturated heterocycles. The minimum atomic E-state index is -3.82. The highest BCUT2D eigenvalue weighted by molar-refractivity contribution is 7.92. The summed E-state index contributed by atoms with van der Waals surface area (Å²) in [4.78, 5) is 24.0. The first-order valence-corrected chi connectivity index (χ1v) is 11.9. The average Bonchev–Trinajstić information content (AvgIpc) is 2.75. The number of hydrogen-bond donors (Lipinski definition) is 2. The molecular formula is C21H27FN2O6S. The number of fused-ring (bicyclic) bond motifs is 1. The predicted molar refractivity (Wildman–Crippen MR) is 114 cm³/mol. The van der Waals surface area contributed by atoms with Crippen LogP contribution >= 0.6 is 0 Å². The van der Waals surface area contributed by atoms with E-state index in [1.54, 1.807) is 18.2 Å². The Labute approximate surface area is 180 Å². The highest BCUT2D eigenvalue weighted by Gasteiger charge is 2.28. The maximum absolute atomic E-state index is 14.7. The smallest absolute Gasteiger partial charge is 0.261 e. The van der Waals surface area contributed by atoms with E-state index in [0.29, 0.717) is 12.2 Å². The molecule has 1 aliphatic heterocycles. The van der Waals surface area contributed by atoms with Crippen LogP contribution in [0, 0.1) is 5.82 Å². The lowest BCUT2D eigenvalue weighted by Gasteiger charge is -2.18. The second kappa shape index (κ2) is 10.5. The number of aromatic nitrogens is 1. The summed E-state index contributed by atoms with van der Waals surface area (Å²) in [6.07, 6.45) is 3.22. The fraction of sp³-hybridized carbons (Fsp3) is 0.429. The van der Waals surface area contributed by atoms with Gasteiger partial charge in [-0.25, -0.2) is 18.3 Å². The Hall–Kier alpha value is -2.72. The van der Waals surface area contributed by atoms with Gasteiger partial charge in [0, 0.05) is 30.6 Å². The van der Waals surface area contributed by atoms with Gasteiger partial charge in [-0.1, -0.05) is 19.9 Å². The molecule has 0 fully saturated rings. The van der Waals surface area contributed by atoms with Crippen molar-refractivity contribution >= 4 is 15.7 Å². The molecule has 170 valence electrons. The summed E-state index contributed by atoms with van der Waals surface area (Å²) in [6.45, 7) is 4.43. The molecule has 31 heavy (non-hydrogen) atoms. The van der Waals surface area contributed by atoms with Crippen LogP contribution < -0.4 is 15.8 Å². The molecule has 0 radical (unpaired) electrons. The van der Waals surface area contributed by atoms with Crippen molar-refractivity contribution < 1.29 is 27.5 Å². The molecule has 1 amide bonds. The molecule has 2 heterocycles. The Bertz CT molecular complexity index is 1100. The molecular weight excluding hydrogens is 427 g/mol. The van der Waals surface area contributed by atoms with Gasteiger partial charge in [0.15, 0.2) is 9.84 Å². The van der Waals surface area contributed by atoms with Gasteiger partial charge in [-0.15, -0.1) is 0 Å². The SMILES string of the molecule is CC.CS(=O)(=O)C(CCn1cc(F)c(-c2ccc3c(c2)CCCO3)cc1=O)C(=O)NO. The Morgan fingerprint density at radius 2 is 2.03 bits per heavy atom.